The summed E-state index contributed by atoms with van der Waals surface area (Å²) < 4.78 is 8.42. The summed E-state index contributed by atoms with van der Waals surface area (Å²) in [6, 6.07) is 16.2. The molecule has 0 aliphatic carbocycles. The summed E-state index contributed by atoms with van der Waals surface area (Å²) >= 11 is 13.7. The van der Waals surface area contributed by atoms with Crippen LogP contribution >= 0.6 is 35.0 Å². The summed E-state index contributed by atoms with van der Waals surface area (Å²) in [4.78, 5) is 13.3. The fourth-order valence-corrected chi connectivity index (χ4v) is 4.25. The molecule has 4 rings (SSSR count). The Morgan fingerprint density at radius 1 is 1.06 bits per heavy atom. The molecule has 0 saturated heterocycles. The number of ether oxygens (including phenoxy) is 1. The van der Waals surface area contributed by atoms with Crippen LogP contribution in [0.1, 0.15) is 5.56 Å². The quantitative estimate of drug-likeness (QED) is 0.376. The predicted octanol–water partition coefficient (Wildman–Crippen LogP) is 5.10. The normalized spacial score (nSPS) is 10.8. The average Bonchev–Trinajstić information content (AvgIpc) is 3.29. The molecule has 0 spiro atoms. The molecule has 0 atom stereocenters. The molecule has 0 radical (unpaired) electrons. The zero-order valence-electron chi connectivity index (χ0n) is 16.3. The number of nitrogens with one attached hydrogen (secondary N) is 1. The first-order valence-electron chi connectivity index (χ1n) is 9.17. The van der Waals surface area contributed by atoms with Gasteiger partial charge in [0.2, 0.25) is 11.0 Å². The lowest BCUT2D eigenvalue weighted by Gasteiger charge is -2.15. The first-order valence-corrected chi connectivity index (χ1v) is 10.9. The fourth-order valence-electron chi connectivity index (χ4n) is 2.86. The number of hydrogen-bond donors (Lipinski definition) is 1. The monoisotopic (exact) mass is 473 g/mol. The summed E-state index contributed by atoms with van der Waals surface area (Å²) in [5.74, 6) is 1.09. The standard InChI is InChI=1S/C21H17Cl2N5O2S/c1-30-18-9-8-15(22)12-17(18)24-19-20(29)28(27-10-4-5-11-27)21(26-25-19)31-13-14-6-2-3-7-16(14)23/h2-12H,13H2,1H3,(H,24,25). The molecule has 0 amide bonds. The van der Waals surface area contributed by atoms with Gasteiger partial charge in [0.05, 0.1) is 12.8 Å². The van der Waals surface area contributed by atoms with Crippen molar-refractivity contribution in [3.8, 4) is 5.75 Å². The van der Waals surface area contributed by atoms with Gasteiger partial charge < -0.3 is 10.1 Å². The van der Waals surface area contributed by atoms with Gasteiger partial charge in [-0.25, -0.2) is 0 Å². The predicted molar refractivity (Wildman–Crippen MR) is 124 cm³/mol. The third-order valence-corrected chi connectivity index (χ3v) is 5.93. The molecular formula is C21H17Cl2N5O2S. The molecule has 0 unspecified atom stereocenters. The van der Waals surface area contributed by atoms with Crippen molar-refractivity contribution in [1.82, 2.24) is 19.5 Å². The number of methoxy groups -OCH3 is 1. The Morgan fingerprint density at radius 2 is 1.84 bits per heavy atom. The second-order valence-electron chi connectivity index (χ2n) is 6.36. The van der Waals surface area contributed by atoms with E-state index in [1.807, 2.05) is 36.4 Å². The van der Waals surface area contributed by atoms with Gasteiger partial charge in [-0.15, -0.1) is 10.2 Å². The van der Waals surface area contributed by atoms with E-state index in [0.29, 0.717) is 32.4 Å². The fraction of sp³-hybridized carbons (Fsp3) is 0.0952. The topological polar surface area (TPSA) is 74.0 Å². The van der Waals surface area contributed by atoms with Crippen LogP contribution in [0.15, 0.2) is 76.9 Å². The van der Waals surface area contributed by atoms with Gasteiger partial charge in [-0.2, -0.15) is 4.68 Å². The molecule has 1 N–H and O–H groups in total. The van der Waals surface area contributed by atoms with Crippen molar-refractivity contribution >= 4 is 46.5 Å². The average molecular weight is 474 g/mol. The van der Waals surface area contributed by atoms with E-state index >= 15 is 0 Å². The molecule has 0 fully saturated rings. The molecule has 2 heterocycles. The second kappa shape index (κ2) is 9.47. The highest BCUT2D eigenvalue weighted by Gasteiger charge is 2.16. The number of nitrogens with zero attached hydrogens (tertiary/aromatic N) is 4. The van der Waals surface area contributed by atoms with Crippen molar-refractivity contribution in [3.05, 3.63) is 93.0 Å². The van der Waals surface area contributed by atoms with Crippen molar-refractivity contribution in [2.75, 3.05) is 12.4 Å². The minimum Gasteiger partial charge on any atom is -0.495 e. The maximum atomic E-state index is 13.3. The number of aromatic nitrogens is 4. The van der Waals surface area contributed by atoms with Gasteiger partial charge in [0.1, 0.15) is 5.75 Å². The van der Waals surface area contributed by atoms with Crippen molar-refractivity contribution in [1.29, 1.82) is 0 Å². The van der Waals surface area contributed by atoms with Crippen LogP contribution in [0.25, 0.3) is 0 Å². The number of rotatable bonds is 7. The summed E-state index contributed by atoms with van der Waals surface area (Å²) in [6.45, 7) is 0. The highest BCUT2D eigenvalue weighted by molar-refractivity contribution is 7.98. The Bertz CT molecular complexity index is 1260. The van der Waals surface area contributed by atoms with Gasteiger partial charge in [-0.1, -0.05) is 53.2 Å². The molecule has 0 saturated carbocycles. The smallest absolute Gasteiger partial charge is 0.316 e. The molecule has 2 aromatic carbocycles. The summed E-state index contributed by atoms with van der Waals surface area (Å²) in [5.41, 5.74) is 1.07. The van der Waals surface area contributed by atoms with E-state index in [9.17, 15) is 4.79 Å². The maximum absolute atomic E-state index is 13.3. The zero-order valence-corrected chi connectivity index (χ0v) is 18.7. The number of hydrogen-bond acceptors (Lipinski definition) is 6. The minimum absolute atomic E-state index is 0.0383. The van der Waals surface area contributed by atoms with Crippen molar-refractivity contribution in [2.45, 2.75) is 10.9 Å². The number of benzene rings is 2. The van der Waals surface area contributed by atoms with E-state index in [0.717, 1.165) is 5.56 Å². The number of anilines is 2. The first kappa shape index (κ1) is 21.3. The zero-order chi connectivity index (χ0) is 21.8. The van der Waals surface area contributed by atoms with Crippen LogP contribution in [0.2, 0.25) is 10.0 Å². The van der Waals surface area contributed by atoms with Crippen LogP contribution < -0.4 is 15.6 Å². The molecule has 0 aliphatic rings. The van der Waals surface area contributed by atoms with E-state index in [2.05, 4.69) is 15.5 Å². The SMILES string of the molecule is COc1ccc(Cl)cc1Nc1nnc(SCc2ccccc2Cl)n(-n2cccc2)c1=O. The Hall–Kier alpha value is -2.94. The maximum Gasteiger partial charge on any atom is 0.316 e. The molecule has 158 valence electrons. The summed E-state index contributed by atoms with van der Waals surface area (Å²) in [7, 11) is 1.53. The number of halogens is 2. The van der Waals surface area contributed by atoms with Crippen molar-refractivity contribution < 1.29 is 4.74 Å². The molecule has 4 aromatic rings. The third kappa shape index (κ3) is 4.71. The molecule has 31 heavy (non-hydrogen) atoms. The number of thioether (sulfide) groups is 1. The Kier molecular flexibility index (Phi) is 6.50. The Balaban J connectivity index is 1.72. The van der Waals surface area contributed by atoms with Crippen molar-refractivity contribution in [2.24, 2.45) is 0 Å². The lowest BCUT2D eigenvalue weighted by molar-refractivity contribution is 0.416. The van der Waals surface area contributed by atoms with E-state index in [4.69, 9.17) is 27.9 Å². The summed E-state index contributed by atoms with van der Waals surface area (Å²) in [6.07, 6.45) is 3.51. The minimum atomic E-state index is -0.380. The van der Waals surface area contributed by atoms with E-state index < -0.39 is 0 Å². The van der Waals surface area contributed by atoms with Gasteiger partial charge in [-0.05, 0) is 42.0 Å². The third-order valence-electron chi connectivity index (χ3n) is 4.36. The highest BCUT2D eigenvalue weighted by Crippen LogP contribution is 2.30. The molecule has 0 aliphatic heterocycles. The van der Waals surface area contributed by atoms with Gasteiger partial charge >= 0.3 is 5.56 Å². The summed E-state index contributed by atoms with van der Waals surface area (Å²) in [5, 5.41) is 13.0. The molecule has 7 nitrogen and oxygen atoms in total. The van der Waals surface area contributed by atoms with Crippen molar-refractivity contribution in [3.63, 3.8) is 0 Å². The molecule has 10 heteroatoms. The highest BCUT2D eigenvalue weighted by atomic mass is 35.5. The Morgan fingerprint density at radius 3 is 2.58 bits per heavy atom. The Labute approximate surface area is 192 Å². The lowest BCUT2D eigenvalue weighted by Crippen LogP contribution is -2.30. The largest absolute Gasteiger partial charge is 0.495 e. The van der Waals surface area contributed by atoms with Crippen LogP contribution in [0.5, 0.6) is 5.75 Å². The first-order chi connectivity index (χ1) is 15.1. The van der Waals surface area contributed by atoms with Crippen LogP contribution in [-0.4, -0.2) is 26.7 Å². The van der Waals surface area contributed by atoms with Crippen LogP contribution in [0.3, 0.4) is 0 Å². The van der Waals surface area contributed by atoms with E-state index in [-0.39, 0.29) is 11.4 Å². The molecular weight excluding hydrogens is 457 g/mol. The van der Waals surface area contributed by atoms with Crippen LogP contribution in [-0.2, 0) is 5.75 Å². The van der Waals surface area contributed by atoms with Gasteiger partial charge in [0.15, 0.2) is 0 Å². The van der Waals surface area contributed by atoms with Gasteiger partial charge in [-0.3, -0.25) is 9.47 Å². The van der Waals surface area contributed by atoms with Crippen LogP contribution in [0, 0.1) is 0 Å². The molecule has 2 aromatic heterocycles. The van der Waals surface area contributed by atoms with Gasteiger partial charge in [0, 0.05) is 28.2 Å². The van der Waals surface area contributed by atoms with E-state index in [1.165, 1.54) is 23.5 Å². The molecule has 0 bridgehead atoms. The van der Waals surface area contributed by atoms with Gasteiger partial charge in [0.25, 0.3) is 0 Å². The van der Waals surface area contributed by atoms with Crippen LogP contribution in [0.4, 0.5) is 11.5 Å². The lowest BCUT2D eigenvalue weighted by atomic mass is 10.2. The van der Waals surface area contributed by atoms with E-state index in [1.54, 1.807) is 35.3 Å². The second-order valence-corrected chi connectivity index (χ2v) is 8.15.